The largest absolute Gasteiger partial charge is 0.416 e. The molecule has 2 aliphatic rings. The third-order valence-corrected chi connectivity index (χ3v) is 5.87. The van der Waals surface area contributed by atoms with Crippen LogP contribution in [0.3, 0.4) is 0 Å². The highest BCUT2D eigenvalue weighted by atomic mass is 35.5. The highest BCUT2D eigenvalue weighted by molar-refractivity contribution is 6.30. The Balaban J connectivity index is 1.85. The number of rotatable bonds is 1. The zero-order valence-corrected chi connectivity index (χ0v) is 14.6. The maximum Gasteiger partial charge on any atom is 0.416 e. The number of likely N-dealkylation sites (tertiary alicyclic amines) is 1. The molecule has 0 aromatic heterocycles. The van der Waals surface area contributed by atoms with Crippen molar-refractivity contribution in [3.63, 3.8) is 0 Å². The molecule has 0 bridgehead atoms. The molecule has 5 heteroatoms. The van der Waals surface area contributed by atoms with E-state index in [9.17, 15) is 13.2 Å². The third-order valence-electron chi connectivity index (χ3n) is 5.63. The number of hydrogen-bond donors (Lipinski definition) is 0. The Hall–Kier alpha value is -1.52. The SMILES string of the molecule is CN1CCCC2C(c3cccc(C(F)(F)F)c3)c3ccc(Cl)cc3C21. The van der Waals surface area contributed by atoms with Gasteiger partial charge in [-0.2, -0.15) is 13.2 Å². The van der Waals surface area contributed by atoms with Gasteiger partial charge in [0.2, 0.25) is 0 Å². The van der Waals surface area contributed by atoms with Crippen LogP contribution in [-0.4, -0.2) is 18.5 Å². The van der Waals surface area contributed by atoms with Gasteiger partial charge in [0.15, 0.2) is 0 Å². The minimum Gasteiger partial charge on any atom is -0.299 e. The van der Waals surface area contributed by atoms with Crippen LogP contribution in [0, 0.1) is 5.92 Å². The van der Waals surface area contributed by atoms with Crippen molar-refractivity contribution in [2.75, 3.05) is 13.6 Å². The van der Waals surface area contributed by atoms with Crippen LogP contribution in [0.1, 0.15) is 47.1 Å². The van der Waals surface area contributed by atoms with Crippen molar-refractivity contribution in [1.29, 1.82) is 0 Å². The smallest absolute Gasteiger partial charge is 0.299 e. The van der Waals surface area contributed by atoms with E-state index in [4.69, 9.17) is 11.6 Å². The number of alkyl halides is 3. The van der Waals surface area contributed by atoms with E-state index >= 15 is 0 Å². The van der Waals surface area contributed by atoms with Gasteiger partial charge in [0.05, 0.1) is 5.56 Å². The molecule has 0 N–H and O–H groups in total. The van der Waals surface area contributed by atoms with Gasteiger partial charge in [0.25, 0.3) is 0 Å². The first-order valence-corrected chi connectivity index (χ1v) is 8.91. The molecule has 0 radical (unpaired) electrons. The number of benzene rings is 2. The van der Waals surface area contributed by atoms with Crippen LogP contribution in [0.25, 0.3) is 0 Å². The Morgan fingerprint density at radius 3 is 2.64 bits per heavy atom. The fraction of sp³-hybridized carbons (Fsp3) is 0.400. The van der Waals surface area contributed by atoms with Crippen LogP contribution in [0.5, 0.6) is 0 Å². The summed E-state index contributed by atoms with van der Waals surface area (Å²) in [6.45, 7) is 1.00. The summed E-state index contributed by atoms with van der Waals surface area (Å²) in [4.78, 5) is 2.32. The maximum atomic E-state index is 13.2. The average Bonchev–Trinajstić information content (AvgIpc) is 2.89. The molecular formula is C20H19ClF3N. The molecular weight excluding hydrogens is 347 g/mol. The molecule has 132 valence electrons. The van der Waals surface area contributed by atoms with Crippen LogP contribution in [0.15, 0.2) is 42.5 Å². The van der Waals surface area contributed by atoms with Crippen molar-refractivity contribution < 1.29 is 13.2 Å². The van der Waals surface area contributed by atoms with Crippen molar-refractivity contribution in [3.05, 3.63) is 69.7 Å². The van der Waals surface area contributed by atoms with E-state index < -0.39 is 11.7 Å². The summed E-state index contributed by atoms with van der Waals surface area (Å²) in [5.41, 5.74) is 2.46. The van der Waals surface area contributed by atoms with E-state index in [1.54, 1.807) is 0 Å². The Morgan fingerprint density at radius 2 is 1.88 bits per heavy atom. The highest BCUT2D eigenvalue weighted by Gasteiger charge is 2.45. The molecule has 1 aliphatic heterocycles. The van der Waals surface area contributed by atoms with Crippen molar-refractivity contribution in [1.82, 2.24) is 4.90 Å². The summed E-state index contributed by atoms with van der Waals surface area (Å²) >= 11 is 6.21. The standard InChI is InChI=1S/C20H19ClF3N/c1-25-9-3-6-16-18(12-4-2-5-13(10-12)20(22,23)24)15-8-7-14(21)11-17(15)19(16)25/h2,4-5,7-8,10-11,16,18-19H,3,6,9H2,1H3. The second kappa shape index (κ2) is 6.03. The van der Waals surface area contributed by atoms with E-state index in [1.165, 1.54) is 17.7 Å². The maximum absolute atomic E-state index is 13.2. The normalized spacial score (nSPS) is 26.4. The summed E-state index contributed by atoms with van der Waals surface area (Å²) in [7, 11) is 2.09. The van der Waals surface area contributed by atoms with Crippen LogP contribution < -0.4 is 0 Å². The number of piperidine rings is 1. The van der Waals surface area contributed by atoms with Gasteiger partial charge in [-0.25, -0.2) is 0 Å². The van der Waals surface area contributed by atoms with Crippen molar-refractivity contribution >= 4 is 11.6 Å². The molecule has 1 fully saturated rings. The molecule has 2 aromatic carbocycles. The Morgan fingerprint density at radius 1 is 1.08 bits per heavy atom. The fourth-order valence-electron chi connectivity index (χ4n) is 4.67. The van der Waals surface area contributed by atoms with E-state index in [2.05, 4.69) is 11.9 Å². The molecule has 25 heavy (non-hydrogen) atoms. The van der Waals surface area contributed by atoms with Gasteiger partial charge in [-0.3, -0.25) is 4.90 Å². The van der Waals surface area contributed by atoms with Gasteiger partial charge in [-0.1, -0.05) is 35.9 Å². The molecule has 1 nitrogen and oxygen atoms in total. The fourth-order valence-corrected chi connectivity index (χ4v) is 4.85. The van der Waals surface area contributed by atoms with Crippen molar-refractivity contribution in [2.45, 2.75) is 31.0 Å². The predicted octanol–water partition coefficient (Wildman–Crippen LogP) is 5.89. The van der Waals surface area contributed by atoms with Gasteiger partial charge < -0.3 is 0 Å². The molecule has 1 heterocycles. The highest BCUT2D eigenvalue weighted by Crippen LogP contribution is 2.55. The molecule has 3 atom stereocenters. The number of hydrogen-bond acceptors (Lipinski definition) is 1. The molecule has 1 aliphatic carbocycles. The van der Waals surface area contributed by atoms with E-state index in [-0.39, 0.29) is 17.9 Å². The molecule has 4 rings (SSSR count). The molecule has 3 unspecified atom stereocenters. The number of halogens is 4. The first-order valence-electron chi connectivity index (χ1n) is 8.53. The Kier molecular flexibility index (Phi) is 4.08. The summed E-state index contributed by atoms with van der Waals surface area (Å²) in [5, 5.41) is 0.682. The van der Waals surface area contributed by atoms with Crippen LogP contribution in [0.4, 0.5) is 13.2 Å². The summed E-state index contributed by atoms with van der Waals surface area (Å²) in [6.07, 6.45) is -2.24. The quantitative estimate of drug-likeness (QED) is 0.609. The van der Waals surface area contributed by atoms with Gasteiger partial charge in [-0.05, 0) is 67.2 Å². The van der Waals surface area contributed by atoms with E-state index in [0.717, 1.165) is 36.6 Å². The molecule has 1 saturated heterocycles. The second-order valence-corrected chi connectivity index (χ2v) is 7.54. The predicted molar refractivity (Wildman–Crippen MR) is 92.8 cm³/mol. The topological polar surface area (TPSA) is 3.24 Å². The minimum atomic E-state index is -4.32. The lowest BCUT2D eigenvalue weighted by molar-refractivity contribution is -0.137. The first kappa shape index (κ1) is 16.9. The second-order valence-electron chi connectivity index (χ2n) is 7.11. The minimum absolute atomic E-state index is 0.0117. The lowest BCUT2D eigenvalue weighted by atomic mass is 9.79. The zero-order chi connectivity index (χ0) is 17.8. The molecule has 2 aromatic rings. The molecule has 0 saturated carbocycles. The molecule has 0 spiro atoms. The van der Waals surface area contributed by atoms with Crippen LogP contribution in [0.2, 0.25) is 5.02 Å². The Bertz CT molecular complexity index is 802. The molecule has 0 amide bonds. The van der Waals surface area contributed by atoms with Gasteiger partial charge >= 0.3 is 6.18 Å². The van der Waals surface area contributed by atoms with Crippen molar-refractivity contribution in [2.24, 2.45) is 5.92 Å². The Labute approximate surface area is 150 Å². The lowest BCUT2D eigenvalue weighted by Gasteiger charge is -2.37. The van der Waals surface area contributed by atoms with Gasteiger partial charge in [0.1, 0.15) is 0 Å². The summed E-state index contributed by atoms with van der Waals surface area (Å²) in [5.74, 6) is 0.276. The number of nitrogens with zero attached hydrogens (tertiary/aromatic N) is 1. The number of fused-ring (bicyclic) bond motifs is 3. The van der Waals surface area contributed by atoms with Gasteiger partial charge in [0, 0.05) is 17.0 Å². The zero-order valence-electron chi connectivity index (χ0n) is 13.9. The third kappa shape index (κ3) is 2.85. The first-order chi connectivity index (χ1) is 11.9. The average molecular weight is 366 g/mol. The van der Waals surface area contributed by atoms with Gasteiger partial charge in [-0.15, -0.1) is 0 Å². The van der Waals surface area contributed by atoms with E-state index in [1.807, 2.05) is 24.3 Å². The summed E-state index contributed by atoms with van der Waals surface area (Å²) < 4.78 is 39.5. The lowest BCUT2D eigenvalue weighted by Crippen LogP contribution is -2.34. The monoisotopic (exact) mass is 365 g/mol. The van der Waals surface area contributed by atoms with Crippen LogP contribution >= 0.6 is 11.6 Å². The van der Waals surface area contributed by atoms with Crippen LogP contribution in [-0.2, 0) is 6.18 Å². The summed E-state index contributed by atoms with van der Waals surface area (Å²) in [6, 6.07) is 11.9. The van der Waals surface area contributed by atoms with Crippen molar-refractivity contribution in [3.8, 4) is 0 Å². The van der Waals surface area contributed by atoms with E-state index in [0.29, 0.717) is 5.02 Å².